The van der Waals surface area contributed by atoms with Crippen molar-refractivity contribution in [3.05, 3.63) is 89.4 Å². The lowest BCUT2D eigenvalue weighted by Gasteiger charge is -2.08. The predicted octanol–water partition coefficient (Wildman–Crippen LogP) is 5.14. The molecular weight excluding hydrogens is 438 g/mol. The van der Waals surface area contributed by atoms with E-state index in [9.17, 15) is 8.42 Å². The molecule has 0 bridgehead atoms. The van der Waals surface area contributed by atoms with Gasteiger partial charge >= 0.3 is 6.16 Å². The van der Waals surface area contributed by atoms with E-state index in [-0.39, 0.29) is 6.04 Å². The number of nitrogens with one attached hydrogen (secondary N) is 1. The van der Waals surface area contributed by atoms with Crippen LogP contribution in [0.4, 0.5) is 4.79 Å². The Morgan fingerprint density at radius 2 is 1.42 bits per heavy atom. The number of carbonyl (C=O) groups is 1. The van der Waals surface area contributed by atoms with E-state index in [0.717, 1.165) is 24.0 Å². The van der Waals surface area contributed by atoms with Crippen molar-refractivity contribution >= 4 is 27.8 Å². The first kappa shape index (κ1) is 22.8. The molecule has 1 aliphatic rings. The molecule has 1 fully saturated rings. The molecule has 0 heterocycles. The second-order valence-electron chi connectivity index (χ2n) is 7.23. The van der Waals surface area contributed by atoms with E-state index in [4.69, 9.17) is 26.6 Å². The van der Waals surface area contributed by atoms with E-state index >= 15 is 0 Å². The number of hydrogen-bond donors (Lipinski definition) is 3. The Hall–Kier alpha value is -2.87. The summed E-state index contributed by atoms with van der Waals surface area (Å²) in [6, 6.07) is 24.6. The van der Waals surface area contributed by atoms with Gasteiger partial charge in [-0.05, 0) is 59.7 Å². The van der Waals surface area contributed by atoms with Crippen LogP contribution in [0.2, 0.25) is 5.02 Å². The third-order valence-corrected chi connectivity index (χ3v) is 6.67. The number of carboxylic acid groups (broad SMARTS) is 2. The average Bonchev–Trinajstić information content (AvgIpc) is 3.45. The normalized spacial score (nSPS) is 17.3. The quantitative estimate of drug-likeness (QED) is 0.473. The lowest BCUT2D eigenvalue weighted by Crippen LogP contribution is -2.27. The van der Waals surface area contributed by atoms with Crippen LogP contribution in [0.5, 0.6) is 0 Å². The maximum Gasteiger partial charge on any atom is 0.503 e. The molecule has 3 N–H and O–H groups in total. The van der Waals surface area contributed by atoms with Crippen LogP contribution in [-0.2, 0) is 16.4 Å². The summed E-state index contributed by atoms with van der Waals surface area (Å²) in [5, 5.41) is 14.6. The lowest BCUT2D eigenvalue weighted by atomic mass is 10.1. The average molecular weight is 460 g/mol. The molecule has 0 amide bonds. The van der Waals surface area contributed by atoms with Crippen LogP contribution >= 0.6 is 11.6 Å². The van der Waals surface area contributed by atoms with Crippen molar-refractivity contribution < 1.29 is 23.4 Å². The Balaban J connectivity index is 0.000000628. The van der Waals surface area contributed by atoms with Gasteiger partial charge in [-0.25, -0.2) is 17.9 Å². The number of hydrogen-bond acceptors (Lipinski definition) is 3. The summed E-state index contributed by atoms with van der Waals surface area (Å²) in [5.41, 5.74) is 3.21. The Labute approximate surface area is 186 Å². The van der Waals surface area contributed by atoms with E-state index in [1.165, 1.54) is 5.56 Å². The molecule has 31 heavy (non-hydrogen) atoms. The van der Waals surface area contributed by atoms with Gasteiger partial charge in [0.15, 0.2) is 0 Å². The van der Waals surface area contributed by atoms with Gasteiger partial charge < -0.3 is 10.2 Å². The first-order valence-electron chi connectivity index (χ1n) is 9.59. The molecule has 4 rings (SSSR count). The third kappa shape index (κ3) is 6.82. The van der Waals surface area contributed by atoms with Crippen molar-refractivity contribution in [1.82, 2.24) is 4.72 Å². The van der Waals surface area contributed by atoms with Crippen LogP contribution in [-0.4, -0.2) is 30.8 Å². The zero-order chi connectivity index (χ0) is 22.4. The topological polar surface area (TPSA) is 104 Å². The van der Waals surface area contributed by atoms with Crippen LogP contribution in [0.1, 0.15) is 12.0 Å². The van der Waals surface area contributed by atoms with Crippen molar-refractivity contribution in [2.45, 2.75) is 23.8 Å². The van der Waals surface area contributed by atoms with Gasteiger partial charge in [-0.3, -0.25) is 0 Å². The van der Waals surface area contributed by atoms with Gasteiger partial charge in [-0.2, -0.15) is 0 Å². The molecule has 3 aromatic carbocycles. The minimum atomic E-state index is -3.50. The summed E-state index contributed by atoms with van der Waals surface area (Å²) in [5.74, 6) is 0.371. The molecule has 3 aromatic rings. The summed E-state index contributed by atoms with van der Waals surface area (Å²) in [6.45, 7) is 0. The fraction of sp³-hybridized carbons (Fsp3) is 0.174. The zero-order valence-corrected chi connectivity index (χ0v) is 18.1. The van der Waals surface area contributed by atoms with Gasteiger partial charge in [0.05, 0.1) is 4.90 Å². The number of benzene rings is 3. The number of rotatable bonds is 6. The summed E-state index contributed by atoms with van der Waals surface area (Å²) in [6.07, 6.45) is -0.0412. The lowest BCUT2D eigenvalue weighted by molar-refractivity contribution is 0.137. The molecule has 0 radical (unpaired) electrons. The molecule has 6 nitrogen and oxygen atoms in total. The van der Waals surface area contributed by atoms with Crippen molar-refractivity contribution in [3.8, 4) is 11.1 Å². The Kier molecular flexibility index (Phi) is 7.33. The SMILES string of the molecule is O=C(O)O.O=S(=O)(N[C@@H]1C[C@H]1Cc1ccccc1)c1ccc(-c2ccc(Cl)cc2)cc1. The highest BCUT2D eigenvalue weighted by atomic mass is 35.5. The van der Waals surface area contributed by atoms with Crippen LogP contribution in [0.3, 0.4) is 0 Å². The molecule has 162 valence electrons. The summed E-state index contributed by atoms with van der Waals surface area (Å²) in [4.78, 5) is 8.85. The van der Waals surface area contributed by atoms with Crippen molar-refractivity contribution in [2.24, 2.45) is 5.92 Å². The van der Waals surface area contributed by atoms with E-state index in [1.54, 1.807) is 12.1 Å². The minimum absolute atomic E-state index is 0.0196. The van der Waals surface area contributed by atoms with Crippen LogP contribution < -0.4 is 4.72 Å². The maximum absolute atomic E-state index is 12.6. The Bertz CT molecular complexity index is 1110. The van der Waals surface area contributed by atoms with Crippen molar-refractivity contribution in [3.63, 3.8) is 0 Å². The molecule has 8 heteroatoms. The first-order chi connectivity index (χ1) is 14.7. The Morgan fingerprint density at radius 1 is 0.903 bits per heavy atom. The Morgan fingerprint density at radius 3 is 1.97 bits per heavy atom. The van der Waals surface area contributed by atoms with Crippen molar-refractivity contribution in [2.75, 3.05) is 0 Å². The molecule has 0 aliphatic heterocycles. The van der Waals surface area contributed by atoms with Gasteiger partial charge in [-0.15, -0.1) is 0 Å². The highest BCUT2D eigenvalue weighted by Gasteiger charge is 2.40. The van der Waals surface area contributed by atoms with Gasteiger partial charge in [0.1, 0.15) is 0 Å². The maximum atomic E-state index is 12.6. The summed E-state index contributed by atoms with van der Waals surface area (Å²) >= 11 is 5.91. The predicted molar refractivity (Wildman–Crippen MR) is 120 cm³/mol. The fourth-order valence-corrected chi connectivity index (χ4v) is 4.71. The second-order valence-corrected chi connectivity index (χ2v) is 9.38. The molecule has 1 saturated carbocycles. The third-order valence-electron chi connectivity index (χ3n) is 4.91. The fourth-order valence-electron chi connectivity index (χ4n) is 3.27. The highest BCUT2D eigenvalue weighted by Crippen LogP contribution is 2.35. The number of halogens is 1. The summed E-state index contributed by atoms with van der Waals surface area (Å²) < 4.78 is 28.1. The van der Waals surface area contributed by atoms with Gasteiger partial charge in [0, 0.05) is 11.1 Å². The number of sulfonamides is 1. The molecule has 0 unspecified atom stereocenters. The molecule has 1 aliphatic carbocycles. The van der Waals surface area contributed by atoms with Gasteiger partial charge in [0.2, 0.25) is 10.0 Å². The standard InChI is InChI=1S/C22H20ClNO2S.CH2O3/c23-20-10-6-17(7-11-20)18-8-12-21(13-9-18)27(25,26)24-22-15-19(22)14-16-4-2-1-3-5-16;2-1(3)4/h1-13,19,22,24H,14-15H2;(H2,2,3,4)/t19-,22-;/m1./s1. The van der Waals surface area contributed by atoms with Crippen LogP contribution in [0, 0.1) is 5.92 Å². The highest BCUT2D eigenvalue weighted by molar-refractivity contribution is 7.89. The van der Waals surface area contributed by atoms with Crippen LogP contribution in [0.15, 0.2) is 83.8 Å². The zero-order valence-electron chi connectivity index (χ0n) is 16.5. The van der Waals surface area contributed by atoms with E-state index < -0.39 is 16.2 Å². The minimum Gasteiger partial charge on any atom is -0.450 e. The molecular formula is C23H22ClNO5S. The second kappa shape index (κ2) is 9.96. The van der Waals surface area contributed by atoms with Gasteiger partial charge in [0.25, 0.3) is 0 Å². The van der Waals surface area contributed by atoms with Crippen molar-refractivity contribution in [1.29, 1.82) is 0 Å². The molecule has 2 atom stereocenters. The molecule has 0 aromatic heterocycles. The van der Waals surface area contributed by atoms with E-state index in [1.807, 2.05) is 54.6 Å². The van der Waals surface area contributed by atoms with E-state index in [2.05, 4.69) is 16.9 Å². The smallest absolute Gasteiger partial charge is 0.450 e. The molecule has 0 spiro atoms. The van der Waals surface area contributed by atoms with E-state index in [0.29, 0.717) is 15.8 Å². The monoisotopic (exact) mass is 459 g/mol. The largest absolute Gasteiger partial charge is 0.503 e. The first-order valence-corrected chi connectivity index (χ1v) is 11.4. The van der Waals surface area contributed by atoms with Gasteiger partial charge in [-0.1, -0.05) is 66.2 Å². The molecule has 0 saturated heterocycles. The van der Waals surface area contributed by atoms with Crippen LogP contribution in [0.25, 0.3) is 11.1 Å². The summed E-state index contributed by atoms with van der Waals surface area (Å²) in [7, 11) is -3.50.